The van der Waals surface area contributed by atoms with Crippen LogP contribution in [0.15, 0.2) is 6.07 Å². The first-order valence-electron chi connectivity index (χ1n) is 8.65. The normalized spacial score (nSPS) is 23.5. The largest absolute Gasteiger partial charge is 0.330 e. The van der Waals surface area contributed by atoms with Crippen molar-refractivity contribution >= 4 is 5.91 Å². The molecule has 2 atom stereocenters. The van der Waals surface area contributed by atoms with Crippen molar-refractivity contribution < 1.29 is 4.79 Å². The third kappa shape index (κ3) is 2.34. The number of nitrogens with one attached hydrogen (secondary N) is 2. The zero-order valence-corrected chi connectivity index (χ0v) is 14.5. The highest BCUT2D eigenvalue weighted by atomic mass is 16.2. The second-order valence-corrected chi connectivity index (χ2v) is 6.93. The molecule has 2 aromatic heterocycles. The van der Waals surface area contributed by atoms with Gasteiger partial charge in [-0.05, 0) is 45.7 Å². The Morgan fingerprint density at radius 1 is 1.25 bits per heavy atom. The summed E-state index contributed by atoms with van der Waals surface area (Å²) in [7, 11) is 1.92. The molecule has 4 heterocycles. The SMILES string of the molecule is Cc1nn(C)c(C)c1-c1cc(C(=O)N2C3CCNCC2CC3)[nH]n1. The number of carbonyl (C=O) groups is 1. The summed E-state index contributed by atoms with van der Waals surface area (Å²) in [6.07, 6.45) is 3.23. The van der Waals surface area contributed by atoms with E-state index in [0.29, 0.717) is 17.8 Å². The van der Waals surface area contributed by atoms with Crippen molar-refractivity contribution in [2.75, 3.05) is 13.1 Å². The van der Waals surface area contributed by atoms with Crippen LogP contribution in [0.3, 0.4) is 0 Å². The number of hydrogen-bond donors (Lipinski definition) is 2. The van der Waals surface area contributed by atoms with Crippen LogP contribution in [0.25, 0.3) is 11.3 Å². The Balaban J connectivity index is 1.64. The highest BCUT2D eigenvalue weighted by molar-refractivity contribution is 5.94. The molecule has 0 aliphatic carbocycles. The van der Waals surface area contributed by atoms with Crippen LogP contribution >= 0.6 is 0 Å². The summed E-state index contributed by atoms with van der Waals surface area (Å²) < 4.78 is 1.85. The lowest BCUT2D eigenvalue weighted by Crippen LogP contribution is -2.42. The fourth-order valence-electron chi connectivity index (χ4n) is 4.16. The number of aromatic nitrogens is 4. The van der Waals surface area contributed by atoms with Gasteiger partial charge in [0.1, 0.15) is 5.69 Å². The van der Waals surface area contributed by atoms with Gasteiger partial charge in [-0.25, -0.2) is 0 Å². The summed E-state index contributed by atoms with van der Waals surface area (Å²) in [6.45, 7) is 5.88. The lowest BCUT2D eigenvalue weighted by Gasteiger charge is -2.27. The Labute approximate surface area is 141 Å². The molecule has 2 aliphatic heterocycles. The second kappa shape index (κ2) is 5.73. The fourth-order valence-corrected chi connectivity index (χ4v) is 4.16. The van der Waals surface area contributed by atoms with Gasteiger partial charge in [0.15, 0.2) is 0 Å². The molecule has 2 saturated heterocycles. The monoisotopic (exact) mass is 328 g/mol. The molecule has 2 fully saturated rings. The molecule has 0 radical (unpaired) electrons. The Morgan fingerprint density at radius 2 is 2.04 bits per heavy atom. The number of H-pyrrole nitrogens is 1. The summed E-state index contributed by atoms with van der Waals surface area (Å²) in [5.41, 5.74) is 4.36. The maximum absolute atomic E-state index is 13.0. The maximum atomic E-state index is 13.0. The molecule has 2 aromatic rings. The number of carbonyl (C=O) groups excluding carboxylic acids is 1. The van der Waals surface area contributed by atoms with Gasteiger partial charge >= 0.3 is 0 Å². The molecular weight excluding hydrogens is 304 g/mol. The average molecular weight is 328 g/mol. The molecule has 2 N–H and O–H groups in total. The van der Waals surface area contributed by atoms with Crippen LogP contribution in [0, 0.1) is 13.8 Å². The van der Waals surface area contributed by atoms with Crippen molar-refractivity contribution in [2.45, 2.75) is 45.2 Å². The number of rotatable bonds is 2. The van der Waals surface area contributed by atoms with Gasteiger partial charge in [-0.1, -0.05) is 0 Å². The van der Waals surface area contributed by atoms with Crippen molar-refractivity contribution in [3.63, 3.8) is 0 Å². The Kier molecular flexibility index (Phi) is 3.68. The molecule has 0 aromatic carbocycles. The zero-order chi connectivity index (χ0) is 16.8. The third-order valence-corrected chi connectivity index (χ3v) is 5.46. The molecule has 4 rings (SSSR count). The molecule has 1 amide bonds. The molecule has 7 nitrogen and oxygen atoms in total. The van der Waals surface area contributed by atoms with E-state index in [1.165, 1.54) is 0 Å². The smallest absolute Gasteiger partial charge is 0.272 e. The minimum absolute atomic E-state index is 0.0733. The van der Waals surface area contributed by atoms with E-state index in [-0.39, 0.29) is 5.91 Å². The standard InChI is InChI=1S/C17H24N6O/c1-10-16(11(2)22(3)21-10)14-8-15(20-19-14)17(24)23-12-4-5-13(23)9-18-7-6-12/h8,12-13,18H,4-7,9H2,1-3H3,(H,19,20). The van der Waals surface area contributed by atoms with Gasteiger partial charge in [-0.2, -0.15) is 10.2 Å². The van der Waals surface area contributed by atoms with Crippen molar-refractivity contribution in [1.29, 1.82) is 0 Å². The van der Waals surface area contributed by atoms with E-state index in [0.717, 1.165) is 55.0 Å². The van der Waals surface area contributed by atoms with E-state index in [2.05, 4.69) is 25.5 Å². The molecule has 0 spiro atoms. The first-order valence-corrected chi connectivity index (χ1v) is 8.65. The molecule has 2 aliphatic rings. The molecule has 7 heteroatoms. The van der Waals surface area contributed by atoms with Gasteiger partial charge in [0.05, 0.1) is 11.4 Å². The lowest BCUT2D eigenvalue weighted by molar-refractivity contribution is 0.0674. The second-order valence-electron chi connectivity index (χ2n) is 6.93. The number of nitrogens with zero attached hydrogens (tertiary/aromatic N) is 4. The van der Waals surface area contributed by atoms with Gasteiger partial charge in [0.25, 0.3) is 5.91 Å². The average Bonchev–Trinajstić information content (AvgIpc) is 3.16. The number of hydrogen-bond acceptors (Lipinski definition) is 4. The molecule has 24 heavy (non-hydrogen) atoms. The van der Waals surface area contributed by atoms with Crippen LogP contribution in [-0.4, -0.2) is 56.0 Å². The van der Waals surface area contributed by atoms with Crippen molar-refractivity contribution in [3.8, 4) is 11.3 Å². The molecule has 0 saturated carbocycles. The summed E-state index contributed by atoms with van der Waals surface area (Å²) in [5, 5.41) is 15.2. The first-order chi connectivity index (χ1) is 11.6. The molecular formula is C17H24N6O. The van der Waals surface area contributed by atoms with E-state index >= 15 is 0 Å². The Hall–Kier alpha value is -2.15. The Bertz CT molecular complexity index is 762. The van der Waals surface area contributed by atoms with Gasteiger partial charge < -0.3 is 10.2 Å². The van der Waals surface area contributed by atoms with Gasteiger partial charge in [-0.3, -0.25) is 14.6 Å². The third-order valence-electron chi connectivity index (χ3n) is 5.46. The number of fused-ring (bicyclic) bond motifs is 2. The fraction of sp³-hybridized carbons (Fsp3) is 0.588. The van der Waals surface area contributed by atoms with Gasteiger partial charge in [-0.15, -0.1) is 0 Å². The Morgan fingerprint density at radius 3 is 2.79 bits per heavy atom. The van der Waals surface area contributed by atoms with Gasteiger partial charge in [0.2, 0.25) is 0 Å². The first kappa shape index (κ1) is 15.4. The van der Waals surface area contributed by atoms with E-state index in [4.69, 9.17) is 0 Å². The molecule has 2 bridgehead atoms. The van der Waals surface area contributed by atoms with Crippen LogP contribution in [-0.2, 0) is 7.05 Å². The minimum Gasteiger partial charge on any atom is -0.330 e. The summed E-state index contributed by atoms with van der Waals surface area (Å²) in [4.78, 5) is 15.1. The minimum atomic E-state index is 0.0733. The van der Waals surface area contributed by atoms with Crippen molar-refractivity contribution in [1.82, 2.24) is 30.2 Å². The van der Waals surface area contributed by atoms with Crippen LogP contribution in [0.5, 0.6) is 0 Å². The van der Waals surface area contributed by atoms with Crippen LogP contribution < -0.4 is 5.32 Å². The summed E-state index contributed by atoms with van der Waals surface area (Å²) in [5.74, 6) is 0.0733. The van der Waals surface area contributed by atoms with Crippen LogP contribution in [0.1, 0.15) is 41.1 Å². The van der Waals surface area contributed by atoms with E-state index in [1.54, 1.807) is 0 Å². The summed E-state index contributed by atoms with van der Waals surface area (Å²) in [6, 6.07) is 2.53. The quantitative estimate of drug-likeness (QED) is 0.873. The topological polar surface area (TPSA) is 78.8 Å². The van der Waals surface area contributed by atoms with Crippen LogP contribution in [0.2, 0.25) is 0 Å². The van der Waals surface area contributed by atoms with Crippen molar-refractivity contribution in [3.05, 3.63) is 23.1 Å². The van der Waals surface area contributed by atoms with Gasteiger partial charge in [0, 0.05) is 36.9 Å². The van der Waals surface area contributed by atoms with Crippen LogP contribution in [0.4, 0.5) is 0 Å². The maximum Gasteiger partial charge on any atom is 0.272 e. The zero-order valence-electron chi connectivity index (χ0n) is 14.5. The van der Waals surface area contributed by atoms with E-state index < -0.39 is 0 Å². The molecule has 2 unspecified atom stereocenters. The number of aryl methyl sites for hydroxylation is 2. The predicted octanol–water partition coefficient (Wildman–Crippen LogP) is 1.39. The number of amides is 1. The summed E-state index contributed by atoms with van der Waals surface area (Å²) >= 11 is 0. The van der Waals surface area contributed by atoms with E-state index in [1.807, 2.05) is 31.6 Å². The van der Waals surface area contributed by atoms with E-state index in [9.17, 15) is 4.79 Å². The molecule has 128 valence electrons. The highest BCUT2D eigenvalue weighted by Gasteiger charge is 2.39. The highest BCUT2D eigenvalue weighted by Crippen LogP contribution is 2.30. The lowest BCUT2D eigenvalue weighted by atomic mass is 10.1. The number of aromatic amines is 1. The predicted molar refractivity (Wildman–Crippen MR) is 90.7 cm³/mol. The van der Waals surface area contributed by atoms with Crippen molar-refractivity contribution in [2.24, 2.45) is 7.05 Å².